The van der Waals surface area contributed by atoms with Crippen LogP contribution < -0.4 is 4.90 Å². The molecule has 3 saturated heterocycles. The fourth-order valence-corrected chi connectivity index (χ4v) is 4.71. The predicted molar refractivity (Wildman–Crippen MR) is 92.5 cm³/mol. The number of benzene rings is 1. The number of hydrogen-bond donors (Lipinski definition) is 1. The third-order valence-electron chi connectivity index (χ3n) is 5.86. The molecule has 0 spiro atoms. The standard InChI is InChI=1S/C19H26N2O3/c22-19(23)21-15-6-7-16(21)13-18(12-15)24-17-8-10-20(11-9-17)14-4-2-1-3-5-14/h1-5,15-18H,6-13H2,(H,22,23)/t15-,16+,18?. The molecular weight excluding hydrogens is 304 g/mol. The molecule has 0 saturated carbocycles. The SMILES string of the molecule is O=C(O)N1[C@@H]2CC[C@H]1CC(OC1CCN(c3ccccc3)CC1)C2. The van der Waals surface area contributed by atoms with Crippen LogP contribution in [0, 0.1) is 0 Å². The molecule has 1 N–H and O–H groups in total. The molecule has 0 aromatic heterocycles. The van der Waals surface area contributed by atoms with Crippen LogP contribution >= 0.6 is 0 Å². The summed E-state index contributed by atoms with van der Waals surface area (Å²) in [6, 6.07) is 10.9. The van der Waals surface area contributed by atoms with Crippen LogP contribution in [0.5, 0.6) is 0 Å². The van der Waals surface area contributed by atoms with E-state index in [2.05, 4.69) is 35.2 Å². The van der Waals surface area contributed by atoms with Crippen molar-refractivity contribution in [3.8, 4) is 0 Å². The number of carbonyl (C=O) groups is 1. The first-order valence-electron chi connectivity index (χ1n) is 9.17. The van der Waals surface area contributed by atoms with E-state index in [1.54, 1.807) is 4.90 Å². The number of rotatable bonds is 3. The largest absolute Gasteiger partial charge is 0.465 e. The van der Waals surface area contributed by atoms with Gasteiger partial charge in [-0.1, -0.05) is 18.2 Å². The van der Waals surface area contributed by atoms with Gasteiger partial charge in [-0.05, 0) is 50.7 Å². The lowest BCUT2D eigenvalue weighted by atomic mass is 9.99. The maximum atomic E-state index is 11.4. The van der Waals surface area contributed by atoms with Crippen molar-refractivity contribution < 1.29 is 14.6 Å². The van der Waals surface area contributed by atoms with Gasteiger partial charge in [0.1, 0.15) is 0 Å². The van der Waals surface area contributed by atoms with Crippen molar-refractivity contribution in [3.63, 3.8) is 0 Å². The van der Waals surface area contributed by atoms with Crippen molar-refractivity contribution >= 4 is 11.8 Å². The second-order valence-electron chi connectivity index (χ2n) is 7.33. The van der Waals surface area contributed by atoms with Gasteiger partial charge in [0.05, 0.1) is 12.2 Å². The van der Waals surface area contributed by atoms with Gasteiger partial charge in [0.25, 0.3) is 0 Å². The molecule has 5 heteroatoms. The number of hydrogen-bond acceptors (Lipinski definition) is 3. The number of piperidine rings is 2. The highest BCUT2D eigenvalue weighted by Gasteiger charge is 2.44. The highest BCUT2D eigenvalue weighted by Crippen LogP contribution is 2.37. The fraction of sp³-hybridized carbons (Fsp3) is 0.632. The first-order valence-corrected chi connectivity index (χ1v) is 9.17. The lowest BCUT2D eigenvalue weighted by molar-refractivity contribution is -0.0632. The minimum Gasteiger partial charge on any atom is -0.465 e. The summed E-state index contributed by atoms with van der Waals surface area (Å²) in [6.45, 7) is 2.07. The first-order chi connectivity index (χ1) is 11.7. The van der Waals surface area contributed by atoms with Crippen molar-refractivity contribution in [1.82, 2.24) is 4.90 Å². The van der Waals surface area contributed by atoms with E-state index >= 15 is 0 Å². The van der Waals surface area contributed by atoms with E-state index < -0.39 is 6.09 Å². The normalized spacial score (nSPS) is 30.6. The van der Waals surface area contributed by atoms with Gasteiger partial charge >= 0.3 is 6.09 Å². The maximum Gasteiger partial charge on any atom is 0.407 e. The number of fused-ring (bicyclic) bond motifs is 2. The van der Waals surface area contributed by atoms with Crippen LogP contribution in [-0.4, -0.2) is 53.5 Å². The van der Waals surface area contributed by atoms with E-state index in [0.29, 0.717) is 6.10 Å². The Morgan fingerprint density at radius 3 is 2.17 bits per heavy atom. The number of nitrogens with zero attached hydrogens (tertiary/aromatic N) is 2. The summed E-state index contributed by atoms with van der Waals surface area (Å²) in [4.78, 5) is 15.5. The van der Waals surface area contributed by atoms with Crippen LogP contribution in [0.15, 0.2) is 30.3 Å². The topological polar surface area (TPSA) is 53.0 Å². The zero-order valence-electron chi connectivity index (χ0n) is 14.0. The van der Waals surface area contributed by atoms with Crippen LogP contribution in [0.4, 0.5) is 10.5 Å². The lowest BCUT2D eigenvalue weighted by Crippen LogP contribution is -2.49. The molecule has 24 heavy (non-hydrogen) atoms. The Morgan fingerprint density at radius 2 is 1.58 bits per heavy atom. The summed E-state index contributed by atoms with van der Waals surface area (Å²) >= 11 is 0. The average Bonchev–Trinajstić information content (AvgIpc) is 2.88. The van der Waals surface area contributed by atoms with Crippen LogP contribution in [0.3, 0.4) is 0 Å². The van der Waals surface area contributed by atoms with E-state index in [1.807, 2.05) is 0 Å². The van der Waals surface area contributed by atoms with E-state index in [9.17, 15) is 9.90 Å². The summed E-state index contributed by atoms with van der Waals surface area (Å²) in [7, 11) is 0. The number of amides is 1. The molecule has 1 amide bonds. The zero-order chi connectivity index (χ0) is 16.5. The Kier molecular flexibility index (Phi) is 4.35. The van der Waals surface area contributed by atoms with Crippen molar-refractivity contribution in [1.29, 1.82) is 0 Å². The third kappa shape index (κ3) is 3.09. The molecule has 0 radical (unpaired) electrons. The summed E-state index contributed by atoms with van der Waals surface area (Å²) in [5, 5.41) is 9.34. The van der Waals surface area contributed by atoms with Crippen molar-refractivity contribution in [2.45, 2.75) is 62.8 Å². The quantitative estimate of drug-likeness (QED) is 0.923. The lowest BCUT2D eigenvalue weighted by Gasteiger charge is -2.40. The smallest absolute Gasteiger partial charge is 0.407 e. The average molecular weight is 330 g/mol. The molecular formula is C19H26N2O3. The van der Waals surface area contributed by atoms with Crippen LogP contribution in [0.25, 0.3) is 0 Å². The molecule has 1 aromatic rings. The van der Waals surface area contributed by atoms with E-state index in [1.165, 1.54) is 5.69 Å². The summed E-state index contributed by atoms with van der Waals surface area (Å²) < 4.78 is 6.38. The van der Waals surface area contributed by atoms with Gasteiger partial charge in [-0.25, -0.2) is 4.79 Å². The zero-order valence-corrected chi connectivity index (χ0v) is 14.0. The maximum absolute atomic E-state index is 11.4. The second kappa shape index (κ2) is 6.63. The van der Waals surface area contributed by atoms with Crippen molar-refractivity contribution in [2.24, 2.45) is 0 Å². The highest BCUT2D eigenvalue weighted by molar-refractivity contribution is 5.66. The minimum absolute atomic E-state index is 0.177. The third-order valence-corrected chi connectivity index (χ3v) is 5.86. The van der Waals surface area contributed by atoms with Crippen LogP contribution in [0.1, 0.15) is 38.5 Å². The first kappa shape index (κ1) is 15.8. The van der Waals surface area contributed by atoms with Gasteiger partial charge < -0.3 is 19.6 Å². The summed E-state index contributed by atoms with van der Waals surface area (Å²) in [6.07, 6.45) is 5.69. The monoisotopic (exact) mass is 330 g/mol. The number of anilines is 1. The molecule has 3 heterocycles. The number of para-hydroxylation sites is 1. The molecule has 3 atom stereocenters. The molecule has 0 aliphatic carbocycles. The molecule has 130 valence electrons. The molecule has 2 bridgehead atoms. The molecule has 3 fully saturated rings. The Morgan fingerprint density at radius 1 is 0.958 bits per heavy atom. The van der Waals surface area contributed by atoms with Crippen molar-refractivity contribution in [3.05, 3.63) is 30.3 Å². The Bertz CT molecular complexity index is 557. The van der Waals surface area contributed by atoms with Crippen LogP contribution in [-0.2, 0) is 4.74 Å². The minimum atomic E-state index is -0.753. The van der Waals surface area contributed by atoms with E-state index in [-0.39, 0.29) is 18.2 Å². The highest BCUT2D eigenvalue weighted by atomic mass is 16.5. The van der Waals surface area contributed by atoms with Crippen molar-refractivity contribution in [2.75, 3.05) is 18.0 Å². The Hall–Kier alpha value is -1.75. The van der Waals surface area contributed by atoms with Gasteiger partial charge in [0.2, 0.25) is 0 Å². The van der Waals surface area contributed by atoms with Gasteiger partial charge in [-0.15, -0.1) is 0 Å². The fourth-order valence-electron chi connectivity index (χ4n) is 4.71. The van der Waals surface area contributed by atoms with E-state index in [0.717, 1.165) is 51.6 Å². The Balaban J connectivity index is 1.29. The molecule has 1 unspecified atom stereocenters. The second-order valence-corrected chi connectivity index (χ2v) is 7.33. The molecule has 3 aliphatic rings. The van der Waals surface area contributed by atoms with Gasteiger partial charge in [0, 0.05) is 30.9 Å². The molecule has 5 nitrogen and oxygen atoms in total. The van der Waals surface area contributed by atoms with Crippen LogP contribution in [0.2, 0.25) is 0 Å². The summed E-state index contributed by atoms with van der Waals surface area (Å²) in [5.41, 5.74) is 1.30. The van der Waals surface area contributed by atoms with E-state index in [4.69, 9.17) is 4.74 Å². The predicted octanol–water partition coefficient (Wildman–Crippen LogP) is 3.35. The molecule has 1 aromatic carbocycles. The van der Waals surface area contributed by atoms with Gasteiger partial charge in [0.15, 0.2) is 0 Å². The molecule has 4 rings (SSSR count). The number of ether oxygens (including phenoxy) is 1. The van der Waals surface area contributed by atoms with Gasteiger partial charge in [-0.2, -0.15) is 0 Å². The summed E-state index contributed by atoms with van der Waals surface area (Å²) in [5.74, 6) is 0. The van der Waals surface area contributed by atoms with Gasteiger partial charge in [-0.3, -0.25) is 0 Å². The Labute approximate surface area is 143 Å². The number of carboxylic acid groups (broad SMARTS) is 1. The molecule has 3 aliphatic heterocycles.